The van der Waals surface area contributed by atoms with Crippen LogP contribution in [-0.4, -0.2) is 50.5 Å². The summed E-state index contributed by atoms with van der Waals surface area (Å²) in [5, 5.41) is 0. The lowest BCUT2D eigenvalue weighted by Gasteiger charge is -2.34. The summed E-state index contributed by atoms with van der Waals surface area (Å²) >= 11 is 0. The van der Waals surface area contributed by atoms with Gasteiger partial charge in [0.05, 0.1) is 25.0 Å². The number of nitrogens with zero attached hydrogens (tertiary/aromatic N) is 1. The Kier molecular flexibility index (Phi) is 3.82. The van der Waals surface area contributed by atoms with Gasteiger partial charge in [-0.2, -0.15) is 8.42 Å². The number of carbonyl (C=O) groups is 1. The fraction of sp³-hybridized carbons (Fsp3) is 0.909. The largest absolute Gasteiger partial charge is 0.450 e. The molecule has 2 aliphatic rings. The van der Waals surface area contributed by atoms with Crippen LogP contribution >= 0.6 is 0 Å². The molecule has 7 heteroatoms. The van der Waals surface area contributed by atoms with Crippen LogP contribution in [0.5, 0.6) is 0 Å². The van der Waals surface area contributed by atoms with Crippen LogP contribution in [0.4, 0.5) is 4.79 Å². The van der Waals surface area contributed by atoms with Gasteiger partial charge >= 0.3 is 6.09 Å². The van der Waals surface area contributed by atoms with Gasteiger partial charge in [-0.15, -0.1) is 0 Å². The highest BCUT2D eigenvalue weighted by Crippen LogP contribution is 2.38. The quantitative estimate of drug-likeness (QED) is 0.723. The van der Waals surface area contributed by atoms with Crippen LogP contribution in [0.2, 0.25) is 0 Å². The molecule has 0 spiro atoms. The van der Waals surface area contributed by atoms with Crippen LogP contribution in [0, 0.1) is 0 Å². The van der Waals surface area contributed by atoms with Crippen molar-refractivity contribution >= 4 is 16.2 Å². The van der Waals surface area contributed by atoms with Crippen molar-refractivity contribution in [2.24, 2.45) is 0 Å². The molecular formula is C11H19NO5S. The van der Waals surface area contributed by atoms with Crippen LogP contribution in [0.3, 0.4) is 0 Å². The minimum atomic E-state index is -3.49. The van der Waals surface area contributed by atoms with Crippen molar-refractivity contribution in [2.75, 3.05) is 12.9 Å². The SMILES string of the molecule is CCOC(=O)N1[C@H]2CCC[C@@H]1[C@@H](OS(C)(=O)=O)C2. The molecule has 1 amide bonds. The van der Waals surface area contributed by atoms with Crippen molar-refractivity contribution < 1.29 is 22.1 Å². The van der Waals surface area contributed by atoms with Gasteiger partial charge in [0.25, 0.3) is 10.1 Å². The molecule has 0 saturated carbocycles. The van der Waals surface area contributed by atoms with E-state index in [0.717, 1.165) is 25.5 Å². The van der Waals surface area contributed by atoms with Crippen molar-refractivity contribution in [3.63, 3.8) is 0 Å². The lowest BCUT2D eigenvalue weighted by molar-refractivity contribution is 0.0600. The van der Waals surface area contributed by atoms with Crippen molar-refractivity contribution in [1.29, 1.82) is 0 Å². The molecular weight excluding hydrogens is 258 g/mol. The summed E-state index contributed by atoms with van der Waals surface area (Å²) < 4.78 is 32.6. The van der Waals surface area contributed by atoms with Gasteiger partial charge in [0.15, 0.2) is 0 Å². The summed E-state index contributed by atoms with van der Waals surface area (Å²) in [6, 6.07) is -0.118. The fourth-order valence-electron chi connectivity index (χ4n) is 2.94. The lowest BCUT2D eigenvalue weighted by atomic mass is 10.0. The van der Waals surface area contributed by atoms with Crippen LogP contribution in [0.1, 0.15) is 32.6 Å². The maximum absolute atomic E-state index is 11.9. The Bertz CT molecular complexity index is 421. The van der Waals surface area contributed by atoms with E-state index in [4.69, 9.17) is 8.92 Å². The molecule has 0 N–H and O–H groups in total. The Morgan fingerprint density at radius 3 is 2.72 bits per heavy atom. The maximum Gasteiger partial charge on any atom is 0.410 e. The third-order valence-electron chi connectivity index (χ3n) is 3.50. The number of piperidine rings is 1. The van der Waals surface area contributed by atoms with E-state index < -0.39 is 16.2 Å². The maximum atomic E-state index is 11.9. The molecule has 2 aliphatic heterocycles. The molecule has 0 radical (unpaired) electrons. The Labute approximate surface area is 107 Å². The molecule has 2 saturated heterocycles. The van der Waals surface area contributed by atoms with Crippen LogP contribution in [-0.2, 0) is 19.0 Å². The predicted octanol–water partition coefficient (Wildman–Crippen LogP) is 1.11. The zero-order valence-corrected chi connectivity index (χ0v) is 11.5. The van der Waals surface area contributed by atoms with Gasteiger partial charge in [-0.1, -0.05) is 0 Å². The number of rotatable bonds is 3. The van der Waals surface area contributed by atoms with Gasteiger partial charge in [-0.05, 0) is 32.6 Å². The average Bonchev–Trinajstić information content (AvgIpc) is 2.44. The first-order valence-electron chi connectivity index (χ1n) is 6.25. The first-order valence-corrected chi connectivity index (χ1v) is 8.07. The molecule has 2 fully saturated rings. The number of amides is 1. The molecule has 0 unspecified atom stereocenters. The minimum absolute atomic E-state index is 0.0505. The molecule has 104 valence electrons. The van der Waals surface area contributed by atoms with Crippen molar-refractivity contribution in [3.05, 3.63) is 0 Å². The molecule has 3 atom stereocenters. The molecule has 0 aromatic heterocycles. The van der Waals surface area contributed by atoms with Crippen LogP contribution in [0.15, 0.2) is 0 Å². The zero-order chi connectivity index (χ0) is 13.3. The van der Waals surface area contributed by atoms with Crippen LogP contribution < -0.4 is 0 Å². The Morgan fingerprint density at radius 1 is 1.39 bits per heavy atom. The van der Waals surface area contributed by atoms with Crippen molar-refractivity contribution in [2.45, 2.75) is 50.8 Å². The number of carbonyl (C=O) groups excluding carboxylic acids is 1. The standard InChI is InChI=1S/C11H19NO5S/c1-3-16-11(13)12-8-5-4-6-9(12)10(7-8)17-18(2,14)15/h8-10H,3-7H2,1-2H3/t8-,9+,10-/m0/s1. The number of ether oxygens (including phenoxy) is 1. The van der Waals surface area contributed by atoms with E-state index >= 15 is 0 Å². The summed E-state index contributed by atoms with van der Waals surface area (Å²) in [6.45, 7) is 2.08. The van der Waals surface area contributed by atoms with E-state index in [1.807, 2.05) is 0 Å². The number of hydrogen-bond donors (Lipinski definition) is 0. The van der Waals surface area contributed by atoms with E-state index in [0.29, 0.717) is 13.0 Å². The van der Waals surface area contributed by atoms with Gasteiger partial charge in [-0.3, -0.25) is 9.08 Å². The molecule has 18 heavy (non-hydrogen) atoms. The molecule has 6 nitrogen and oxygen atoms in total. The Hall–Kier alpha value is -0.820. The smallest absolute Gasteiger partial charge is 0.410 e. The van der Waals surface area contributed by atoms with Gasteiger partial charge < -0.3 is 4.74 Å². The van der Waals surface area contributed by atoms with E-state index in [1.54, 1.807) is 11.8 Å². The first-order chi connectivity index (χ1) is 8.42. The van der Waals surface area contributed by atoms with Gasteiger partial charge in [-0.25, -0.2) is 4.79 Å². The van der Waals surface area contributed by atoms with E-state index in [9.17, 15) is 13.2 Å². The highest BCUT2D eigenvalue weighted by Gasteiger charge is 2.48. The monoisotopic (exact) mass is 277 g/mol. The van der Waals surface area contributed by atoms with E-state index in [-0.39, 0.29) is 18.2 Å². The van der Waals surface area contributed by atoms with Crippen molar-refractivity contribution in [1.82, 2.24) is 4.90 Å². The van der Waals surface area contributed by atoms with E-state index in [1.165, 1.54) is 0 Å². The number of fused-ring (bicyclic) bond motifs is 2. The zero-order valence-electron chi connectivity index (χ0n) is 10.7. The summed E-state index contributed by atoms with van der Waals surface area (Å²) in [6.07, 6.45) is 3.51. The van der Waals surface area contributed by atoms with E-state index in [2.05, 4.69) is 0 Å². The fourth-order valence-corrected chi connectivity index (χ4v) is 3.60. The Balaban J connectivity index is 2.12. The molecule has 2 heterocycles. The normalized spacial score (nSPS) is 31.4. The average molecular weight is 277 g/mol. The van der Waals surface area contributed by atoms with Crippen LogP contribution in [0.25, 0.3) is 0 Å². The summed E-state index contributed by atoms with van der Waals surface area (Å²) in [4.78, 5) is 13.5. The summed E-state index contributed by atoms with van der Waals surface area (Å²) in [7, 11) is -3.49. The second-order valence-corrected chi connectivity index (χ2v) is 6.43. The Morgan fingerprint density at radius 2 is 2.11 bits per heavy atom. The molecule has 2 rings (SSSR count). The first kappa shape index (κ1) is 13.6. The third kappa shape index (κ3) is 2.77. The van der Waals surface area contributed by atoms with Gasteiger partial charge in [0.1, 0.15) is 0 Å². The molecule has 0 aliphatic carbocycles. The lowest BCUT2D eigenvalue weighted by Crippen LogP contribution is -2.46. The number of hydrogen-bond acceptors (Lipinski definition) is 5. The minimum Gasteiger partial charge on any atom is -0.450 e. The third-order valence-corrected chi connectivity index (χ3v) is 4.10. The van der Waals surface area contributed by atoms with Crippen molar-refractivity contribution in [3.8, 4) is 0 Å². The highest BCUT2D eigenvalue weighted by atomic mass is 32.2. The highest BCUT2D eigenvalue weighted by molar-refractivity contribution is 7.86. The second kappa shape index (κ2) is 5.05. The van der Waals surface area contributed by atoms with Gasteiger partial charge in [0.2, 0.25) is 0 Å². The summed E-state index contributed by atoms with van der Waals surface area (Å²) in [5.41, 5.74) is 0. The molecule has 0 aromatic carbocycles. The molecule has 0 aromatic rings. The summed E-state index contributed by atoms with van der Waals surface area (Å²) in [5.74, 6) is 0. The second-order valence-electron chi connectivity index (χ2n) is 4.83. The predicted molar refractivity (Wildman–Crippen MR) is 64.6 cm³/mol. The van der Waals surface area contributed by atoms with Gasteiger partial charge in [0, 0.05) is 6.04 Å². The molecule has 2 bridgehead atoms. The topological polar surface area (TPSA) is 72.9 Å².